The van der Waals surface area contributed by atoms with Crippen molar-refractivity contribution in [3.05, 3.63) is 24.3 Å². The third-order valence-electron chi connectivity index (χ3n) is 2.41. The molecule has 0 aliphatic carbocycles. The molecule has 0 fully saturated rings. The number of hydrogen-bond donors (Lipinski definition) is 1. The number of nitrogens with zero attached hydrogens (tertiary/aromatic N) is 3. The van der Waals surface area contributed by atoms with Crippen molar-refractivity contribution < 1.29 is 8.42 Å². The Hall–Kier alpha value is -1.89. The topological polar surface area (TPSA) is 79.0 Å². The normalized spacial score (nSPS) is 11.5. The molecule has 6 nitrogen and oxygen atoms in total. The van der Waals surface area contributed by atoms with Crippen LogP contribution in [0.2, 0.25) is 0 Å². The van der Waals surface area contributed by atoms with Gasteiger partial charge in [-0.2, -0.15) is 4.98 Å². The van der Waals surface area contributed by atoms with E-state index in [0.717, 1.165) is 0 Å². The van der Waals surface area contributed by atoms with Gasteiger partial charge >= 0.3 is 0 Å². The molecule has 0 bridgehead atoms. The molecule has 96 valence electrons. The number of sulfone groups is 1. The van der Waals surface area contributed by atoms with E-state index in [1.165, 1.54) is 6.26 Å². The Morgan fingerprint density at radius 1 is 1.28 bits per heavy atom. The Kier molecular flexibility index (Phi) is 3.08. The molecule has 0 saturated heterocycles. The summed E-state index contributed by atoms with van der Waals surface area (Å²) in [5, 5.41) is 6.81. The number of benzene rings is 1. The maximum Gasteiger partial charge on any atom is 0.244 e. The summed E-state index contributed by atoms with van der Waals surface area (Å²) in [5.74, 6) is 1.10. The van der Waals surface area contributed by atoms with Gasteiger partial charge in [0.2, 0.25) is 5.95 Å². The third kappa shape index (κ3) is 2.51. The summed E-state index contributed by atoms with van der Waals surface area (Å²) < 4.78 is 23.0. The second-order valence-corrected chi connectivity index (χ2v) is 6.19. The van der Waals surface area contributed by atoms with Gasteiger partial charge in [0, 0.05) is 25.9 Å². The quantitative estimate of drug-likeness (QED) is 0.894. The van der Waals surface area contributed by atoms with Gasteiger partial charge in [-0.05, 0) is 12.1 Å². The van der Waals surface area contributed by atoms with Crippen LogP contribution in [0, 0.1) is 0 Å². The number of aromatic nitrogens is 3. The van der Waals surface area contributed by atoms with E-state index in [1.807, 2.05) is 14.1 Å². The van der Waals surface area contributed by atoms with Crippen LogP contribution in [-0.4, -0.2) is 44.0 Å². The Morgan fingerprint density at radius 3 is 2.56 bits per heavy atom. The first kappa shape index (κ1) is 12.6. The van der Waals surface area contributed by atoms with Crippen LogP contribution >= 0.6 is 0 Å². The number of hydrogen-bond acceptors (Lipinski definition) is 5. The van der Waals surface area contributed by atoms with Crippen molar-refractivity contribution in [2.45, 2.75) is 4.90 Å². The second kappa shape index (κ2) is 4.41. The van der Waals surface area contributed by atoms with E-state index in [9.17, 15) is 8.42 Å². The summed E-state index contributed by atoms with van der Waals surface area (Å²) in [7, 11) is 0.451. The highest BCUT2D eigenvalue weighted by Gasteiger charge is 2.11. The molecule has 7 heteroatoms. The smallest absolute Gasteiger partial charge is 0.244 e. The van der Waals surface area contributed by atoms with E-state index >= 15 is 0 Å². The molecule has 2 rings (SSSR count). The van der Waals surface area contributed by atoms with E-state index in [0.29, 0.717) is 17.3 Å². The first-order chi connectivity index (χ1) is 8.38. The molecule has 1 aromatic heterocycles. The number of nitrogens with one attached hydrogen (secondary N) is 1. The van der Waals surface area contributed by atoms with E-state index in [2.05, 4.69) is 15.2 Å². The van der Waals surface area contributed by atoms with Crippen molar-refractivity contribution in [2.24, 2.45) is 0 Å². The van der Waals surface area contributed by atoms with E-state index < -0.39 is 9.84 Å². The Labute approximate surface area is 106 Å². The zero-order valence-electron chi connectivity index (χ0n) is 10.4. The van der Waals surface area contributed by atoms with Gasteiger partial charge in [-0.1, -0.05) is 12.1 Å². The lowest BCUT2D eigenvalue weighted by atomic mass is 10.2. The molecule has 2 aromatic rings. The van der Waals surface area contributed by atoms with Crippen molar-refractivity contribution in [1.29, 1.82) is 0 Å². The fourth-order valence-corrected chi connectivity index (χ4v) is 2.12. The van der Waals surface area contributed by atoms with Crippen LogP contribution in [0.15, 0.2) is 29.2 Å². The molecule has 0 atom stereocenters. The zero-order chi connectivity index (χ0) is 13.3. The molecular formula is C11H14N4O2S. The average molecular weight is 266 g/mol. The minimum absolute atomic E-state index is 0.266. The molecule has 18 heavy (non-hydrogen) atoms. The van der Waals surface area contributed by atoms with Crippen LogP contribution in [0.25, 0.3) is 11.4 Å². The van der Waals surface area contributed by atoms with Gasteiger partial charge in [0.25, 0.3) is 0 Å². The van der Waals surface area contributed by atoms with Crippen LogP contribution in [0.4, 0.5) is 5.95 Å². The van der Waals surface area contributed by atoms with Gasteiger partial charge in [-0.3, -0.25) is 5.10 Å². The summed E-state index contributed by atoms with van der Waals surface area (Å²) >= 11 is 0. The number of aromatic amines is 1. The van der Waals surface area contributed by atoms with Crippen molar-refractivity contribution in [3.63, 3.8) is 0 Å². The lowest BCUT2D eigenvalue weighted by Gasteiger charge is -2.04. The summed E-state index contributed by atoms with van der Waals surface area (Å²) in [5.41, 5.74) is 0.693. The Morgan fingerprint density at radius 2 is 2.00 bits per heavy atom. The van der Waals surface area contributed by atoms with Gasteiger partial charge in [-0.15, -0.1) is 5.10 Å². The highest BCUT2D eigenvalue weighted by atomic mass is 32.2. The molecule has 0 unspecified atom stereocenters. The maximum atomic E-state index is 11.5. The minimum atomic E-state index is -3.22. The largest absolute Gasteiger partial charge is 0.346 e. The summed E-state index contributed by atoms with van der Waals surface area (Å²) in [6.45, 7) is 0. The molecule has 0 aliphatic rings. The molecule has 0 amide bonds. The minimum Gasteiger partial charge on any atom is -0.346 e. The average Bonchev–Trinajstić information content (AvgIpc) is 2.77. The highest BCUT2D eigenvalue weighted by molar-refractivity contribution is 7.90. The molecule has 1 aromatic carbocycles. The van der Waals surface area contributed by atoms with Gasteiger partial charge in [0.1, 0.15) is 0 Å². The van der Waals surface area contributed by atoms with Crippen LogP contribution in [-0.2, 0) is 9.84 Å². The molecular weight excluding hydrogens is 252 g/mol. The summed E-state index contributed by atoms with van der Waals surface area (Å²) in [4.78, 5) is 6.30. The fraction of sp³-hybridized carbons (Fsp3) is 0.273. The highest BCUT2D eigenvalue weighted by Crippen LogP contribution is 2.20. The molecule has 1 heterocycles. The van der Waals surface area contributed by atoms with Crippen molar-refractivity contribution in [1.82, 2.24) is 15.2 Å². The maximum absolute atomic E-state index is 11.5. The molecule has 0 radical (unpaired) electrons. The van der Waals surface area contributed by atoms with Crippen LogP contribution < -0.4 is 4.90 Å². The van der Waals surface area contributed by atoms with E-state index in [-0.39, 0.29) is 4.90 Å². The van der Waals surface area contributed by atoms with Gasteiger partial charge in [0.15, 0.2) is 15.7 Å². The second-order valence-electron chi connectivity index (χ2n) is 4.18. The van der Waals surface area contributed by atoms with Gasteiger partial charge in [-0.25, -0.2) is 8.42 Å². The molecule has 0 saturated carbocycles. The molecule has 1 N–H and O–H groups in total. The van der Waals surface area contributed by atoms with E-state index in [4.69, 9.17) is 0 Å². The molecule has 0 spiro atoms. The predicted molar refractivity (Wildman–Crippen MR) is 69.3 cm³/mol. The number of anilines is 1. The van der Waals surface area contributed by atoms with Crippen molar-refractivity contribution in [2.75, 3.05) is 25.3 Å². The fourth-order valence-electron chi connectivity index (χ4n) is 1.46. The van der Waals surface area contributed by atoms with Gasteiger partial charge in [0.05, 0.1) is 4.90 Å². The Bertz CT molecular complexity index is 661. The number of rotatable bonds is 3. The summed E-state index contributed by atoms with van der Waals surface area (Å²) in [6, 6.07) is 6.61. The first-order valence-electron chi connectivity index (χ1n) is 5.28. The number of H-pyrrole nitrogens is 1. The van der Waals surface area contributed by atoms with Crippen molar-refractivity contribution in [3.8, 4) is 11.4 Å². The Balaban J connectivity index is 2.45. The first-order valence-corrected chi connectivity index (χ1v) is 7.17. The van der Waals surface area contributed by atoms with Crippen molar-refractivity contribution >= 4 is 15.8 Å². The zero-order valence-corrected chi connectivity index (χ0v) is 11.2. The van der Waals surface area contributed by atoms with Crippen LogP contribution in [0.1, 0.15) is 0 Å². The third-order valence-corrected chi connectivity index (χ3v) is 3.52. The van der Waals surface area contributed by atoms with Crippen LogP contribution in [0.5, 0.6) is 0 Å². The lowest BCUT2D eigenvalue weighted by molar-refractivity contribution is 0.602. The summed E-state index contributed by atoms with van der Waals surface area (Å²) in [6.07, 6.45) is 1.18. The van der Waals surface area contributed by atoms with Crippen LogP contribution in [0.3, 0.4) is 0 Å². The lowest BCUT2D eigenvalue weighted by Crippen LogP contribution is -2.10. The SMILES string of the molecule is CN(C)c1n[nH]c(-c2cccc(S(C)(=O)=O)c2)n1. The standard InChI is InChI=1S/C11H14N4O2S/c1-15(2)11-12-10(13-14-11)8-5-4-6-9(7-8)18(3,16)17/h4-7H,1-3H3,(H,12,13,14). The monoisotopic (exact) mass is 266 g/mol. The van der Waals surface area contributed by atoms with Gasteiger partial charge < -0.3 is 4.90 Å². The molecule has 0 aliphatic heterocycles. The van der Waals surface area contributed by atoms with E-state index in [1.54, 1.807) is 29.2 Å². The predicted octanol–water partition coefficient (Wildman–Crippen LogP) is 0.941.